The number of hydrogen-bond donors (Lipinski definition) is 3. The van der Waals surface area contributed by atoms with Crippen molar-refractivity contribution in [3.05, 3.63) is 76.7 Å². The molecule has 0 aromatic heterocycles. The van der Waals surface area contributed by atoms with E-state index in [1.54, 1.807) is 17.0 Å². The molecule has 2 heterocycles. The van der Waals surface area contributed by atoms with Crippen molar-refractivity contribution in [2.45, 2.75) is 32.0 Å². The summed E-state index contributed by atoms with van der Waals surface area (Å²) in [7, 11) is -3.57. The van der Waals surface area contributed by atoms with Crippen LogP contribution in [0, 0.1) is 11.8 Å². The number of rotatable bonds is 11. The Kier molecular flexibility index (Phi) is 10.3. The molecule has 0 aliphatic carbocycles. The molecule has 2 fully saturated rings. The number of halogens is 3. The fourth-order valence-electron chi connectivity index (χ4n) is 4.99. The van der Waals surface area contributed by atoms with Gasteiger partial charge in [-0.1, -0.05) is 18.7 Å². The van der Waals surface area contributed by atoms with Crippen molar-refractivity contribution in [3.63, 3.8) is 0 Å². The number of sulfonamides is 1. The van der Waals surface area contributed by atoms with E-state index in [-0.39, 0.29) is 42.0 Å². The van der Waals surface area contributed by atoms with E-state index < -0.39 is 27.7 Å². The average molecular weight is 609 g/mol. The van der Waals surface area contributed by atoms with Crippen LogP contribution in [-0.4, -0.2) is 64.5 Å². The number of carbonyl (C=O) groups is 2. The predicted octanol–water partition coefficient (Wildman–Crippen LogP) is 3.54. The van der Waals surface area contributed by atoms with Crippen molar-refractivity contribution in [1.82, 2.24) is 20.3 Å². The summed E-state index contributed by atoms with van der Waals surface area (Å²) >= 11 is 0. The largest absolute Gasteiger partial charge is 0.492 e. The third-order valence-corrected chi connectivity index (χ3v) is 8.45. The number of benzene rings is 2. The molecule has 13 heteroatoms. The lowest BCUT2D eigenvalue weighted by Crippen LogP contribution is -2.33. The number of piperidine rings is 1. The molecule has 2 aliphatic rings. The highest BCUT2D eigenvalue weighted by molar-refractivity contribution is 7.92. The first-order chi connectivity index (χ1) is 19.9. The van der Waals surface area contributed by atoms with Gasteiger partial charge in [0, 0.05) is 49.6 Å². The Balaban J connectivity index is 1.46. The van der Waals surface area contributed by atoms with Gasteiger partial charge < -0.3 is 20.3 Å². The number of amides is 2. The first kappa shape index (κ1) is 31.5. The second-order valence-electron chi connectivity index (χ2n) is 10.6. The van der Waals surface area contributed by atoms with E-state index in [0.717, 1.165) is 43.5 Å². The van der Waals surface area contributed by atoms with E-state index in [1.165, 1.54) is 18.2 Å². The number of ether oxygens (including phenoxy) is 1. The van der Waals surface area contributed by atoms with Crippen LogP contribution in [0.5, 0.6) is 5.75 Å². The molecule has 0 radical (unpaired) electrons. The first-order valence-corrected chi connectivity index (χ1v) is 15.3. The minimum Gasteiger partial charge on any atom is -0.492 e. The molecule has 2 aromatic rings. The number of nitrogens with zero attached hydrogens (tertiary/aromatic N) is 1. The van der Waals surface area contributed by atoms with Crippen LogP contribution < -0.4 is 20.1 Å². The molecule has 0 bridgehead atoms. The van der Waals surface area contributed by atoms with Gasteiger partial charge in [0.05, 0.1) is 17.7 Å². The molecule has 0 spiro atoms. The number of nitrogens with one attached hydrogen (secondary N) is 3. The maximum atomic E-state index is 13.3. The van der Waals surface area contributed by atoms with Gasteiger partial charge in [-0.15, -0.1) is 0 Å². The Bertz CT molecular complexity index is 1380. The molecule has 2 amide bonds. The summed E-state index contributed by atoms with van der Waals surface area (Å²) in [6, 6.07) is 9.16. The van der Waals surface area contributed by atoms with Gasteiger partial charge in [0.2, 0.25) is 10.0 Å². The zero-order valence-corrected chi connectivity index (χ0v) is 23.9. The minimum absolute atomic E-state index is 0.0183. The van der Waals surface area contributed by atoms with E-state index >= 15 is 0 Å². The normalized spacial score (nSPS) is 19.4. The molecule has 9 nitrogen and oxygen atoms in total. The van der Waals surface area contributed by atoms with E-state index in [1.807, 2.05) is 0 Å². The van der Waals surface area contributed by atoms with E-state index in [4.69, 9.17) is 4.74 Å². The molecule has 42 heavy (non-hydrogen) atoms. The molecule has 3 N–H and O–H groups in total. The van der Waals surface area contributed by atoms with Gasteiger partial charge in [-0.25, -0.2) is 13.1 Å². The van der Waals surface area contributed by atoms with E-state index in [0.29, 0.717) is 37.4 Å². The maximum absolute atomic E-state index is 13.3. The fourth-order valence-corrected chi connectivity index (χ4v) is 5.57. The quantitative estimate of drug-likeness (QED) is 0.360. The Morgan fingerprint density at radius 1 is 1.12 bits per heavy atom. The predicted molar refractivity (Wildman–Crippen MR) is 151 cm³/mol. The summed E-state index contributed by atoms with van der Waals surface area (Å²) in [5.74, 6) is -0.325. The lowest BCUT2D eigenvalue weighted by Gasteiger charge is -2.23. The highest BCUT2D eigenvalue weighted by Crippen LogP contribution is 2.29. The van der Waals surface area contributed by atoms with Crippen molar-refractivity contribution in [3.8, 4) is 5.75 Å². The minimum atomic E-state index is -4.45. The van der Waals surface area contributed by atoms with Crippen LogP contribution in [0.1, 0.15) is 51.1 Å². The Hall–Kier alpha value is -3.42. The zero-order valence-electron chi connectivity index (χ0n) is 23.1. The van der Waals surface area contributed by atoms with Gasteiger partial charge in [0.1, 0.15) is 5.75 Å². The zero-order chi connectivity index (χ0) is 30.3. The van der Waals surface area contributed by atoms with Crippen LogP contribution in [0.2, 0.25) is 0 Å². The van der Waals surface area contributed by atoms with Gasteiger partial charge in [0.25, 0.3) is 11.8 Å². The molecule has 2 aliphatic heterocycles. The maximum Gasteiger partial charge on any atom is 0.416 e. The molecule has 2 atom stereocenters. The fraction of sp³-hybridized carbons (Fsp3) is 0.448. The SMILES string of the molecule is C=CS(=O)(=O)NCC1CCN(C(=O)c2ccc(OCC3CCCNC3)c(C(=O)NCc3ccc(C(F)(F)F)cc3)c2)C1. The van der Waals surface area contributed by atoms with Crippen LogP contribution in [-0.2, 0) is 22.7 Å². The summed E-state index contributed by atoms with van der Waals surface area (Å²) in [4.78, 5) is 28.2. The topological polar surface area (TPSA) is 117 Å². The van der Waals surface area contributed by atoms with Gasteiger partial charge in [-0.05, 0) is 67.6 Å². The molecular weight excluding hydrogens is 573 g/mol. The highest BCUT2D eigenvalue weighted by Gasteiger charge is 2.30. The van der Waals surface area contributed by atoms with E-state index in [9.17, 15) is 31.2 Å². The van der Waals surface area contributed by atoms with Crippen molar-refractivity contribution in [2.75, 3.05) is 39.3 Å². The number of likely N-dealkylation sites (tertiary alicyclic amines) is 1. The Labute approximate surface area is 243 Å². The molecule has 4 rings (SSSR count). The summed E-state index contributed by atoms with van der Waals surface area (Å²) < 4.78 is 70.5. The summed E-state index contributed by atoms with van der Waals surface area (Å²) in [6.45, 7) is 6.34. The average Bonchev–Trinajstić information content (AvgIpc) is 3.47. The van der Waals surface area contributed by atoms with Gasteiger partial charge in [-0.2, -0.15) is 13.2 Å². The lowest BCUT2D eigenvalue weighted by atomic mass is 10.0. The van der Waals surface area contributed by atoms with Crippen LogP contribution in [0.3, 0.4) is 0 Å². The molecule has 2 unspecified atom stereocenters. The Morgan fingerprint density at radius 2 is 1.88 bits per heavy atom. The molecule has 2 saturated heterocycles. The number of hydrogen-bond acceptors (Lipinski definition) is 6. The van der Waals surface area contributed by atoms with Crippen molar-refractivity contribution in [2.24, 2.45) is 11.8 Å². The molecule has 0 saturated carbocycles. The van der Waals surface area contributed by atoms with E-state index in [2.05, 4.69) is 21.9 Å². The third-order valence-electron chi connectivity index (χ3n) is 7.44. The lowest BCUT2D eigenvalue weighted by molar-refractivity contribution is -0.137. The van der Waals surface area contributed by atoms with Crippen molar-refractivity contribution < 1.29 is 35.9 Å². The monoisotopic (exact) mass is 608 g/mol. The summed E-state index contributed by atoms with van der Waals surface area (Å²) in [5, 5.41) is 6.87. The summed E-state index contributed by atoms with van der Waals surface area (Å²) in [6.07, 6.45) is -1.83. The number of carbonyl (C=O) groups excluding carboxylic acids is 2. The number of alkyl halides is 3. The van der Waals surface area contributed by atoms with Gasteiger partial charge in [-0.3, -0.25) is 9.59 Å². The smallest absolute Gasteiger partial charge is 0.416 e. The second-order valence-corrected chi connectivity index (χ2v) is 12.3. The van der Waals surface area contributed by atoms with Crippen molar-refractivity contribution >= 4 is 21.8 Å². The highest BCUT2D eigenvalue weighted by atomic mass is 32.2. The van der Waals surface area contributed by atoms with Crippen LogP contribution in [0.15, 0.2) is 54.5 Å². The van der Waals surface area contributed by atoms with Gasteiger partial charge in [0.15, 0.2) is 0 Å². The molecule has 2 aromatic carbocycles. The standard InChI is InChI=1S/C29H35F3N4O5S/c1-2-42(39,40)35-17-21-11-13-36(18-21)28(38)23-7-10-26(41-19-22-4-3-12-33-15-22)25(14-23)27(37)34-16-20-5-8-24(9-6-20)29(30,31)32/h2,5-10,14,21-22,33,35H,1,3-4,11-13,15-19H2,(H,34,37). The second kappa shape index (κ2) is 13.7. The van der Waals surface area contributed by atoms with Gasteiger partial charge >= 0.3 is 6.18 Å². The summed E-state index contributed by atoms with van der Waals surface area (Å²) in [5.41, 5.74) is 0.119. The van der Waals surface area contributed by atoms with Crippen LogP contribution >= 0.6 is 0 Å². The third kappa shape index (κ3) is 8.55. The first-order valence-electron chi connectivity index (χ1n) is 13.8. The van der Waals surface area contributed by atoms with Crippen LogP contribution in [0.4, 0.5) is 13.2 Å². The van der Waals surface area contributed by atoms with Crippen molar-refractivity contribution in [1.29, 1.82) is 0 Å². The Morgan fingerprint density at radius 3 is 2.55 bits per heavy atom. The molecule has 228 valence electrons. The van der Waals surface area contributed by atoms with Crippen LogP contribution in [0.25, 0.3) is 0 Å². The molecular formula is C29H35F3N4O5S.